The second kappa shape index (κ2) is 5.37. The number of nitriles is 1. The molecule has 0 heterocycles. The number of nitrogens with zero attached hydrogens (tertiary/aromatic N) is 2. The summed E-state index contributed by atoms with van der Waals surface area (Å²) in [4.78, 5) is 4.22. The monoisotopic (exact) mass is 242 g/mol. The fourth-order valence-corrected chi connectivity index (χ4v) is 1.17. The standard InChI is InChI=1S/C14H18N4/c1-14(2,3)12(16)8-13(17)18-11-6-4-10(9-15)5-7-11/h4-8H,16H2,1-3H3,(H2,17,18)/b12-8-. The van der Waals surface area contributed by atoms with Crippen molar-refractivity contribution in [3.05, 3.63) is 41.6 Å². The minimum atomic E-state index is -0.134. The molecule has 0 aliphatic heterocycles. The van der Waals surface area contributed by atoms with Gasteiger partial charge in [-0.3, -0.25) is 0 Å². The average molecular weight is 242 g/mol. The van der Waals surface area contributed by atoms with Crippen molar-refractivity contribution in [2.75, 3.05) is 0 Å². The molecule has 0 saturated heterocycles. The quantitative estimate of drug-likeness (QED) is 0.616. The second-order valence-corrected chi connectivity index (χ2v) is 5.05. The van der Waals surface area contributed by atoms with Gasteiger partial charge in [-0.1, -0.05) is 20.8 Å². The van der Waals surface area contributed by atoms with Crippen LogP contribution >= 0.6 is 0 Å². The van der Waals surface area contributed by atoms with E-state index in [1.54, 1.807) is 30.3 Å². The summed E-state index contributed by atoms with van der Waals surface area (Å²) >= 11 is 0. The molecule has 0 radical (unpaired) electrons. The molecule has 0 fully saturated rings. The SMILES string of the molecule is CC(C)(C)/C(N)=C/C(N)=Nc1ccc(C#N)cc1. The predicted octanol–water partition coefficient (Wildman–Crippen LogP) is 2.44. The molecule has 4 heteroatoms. The topological polar surface area (TPSA) is 88.2 Å². The fourth-order valence-electron chi connectivity index (χ4n) is 1.17. The van der Waals surface area contributed by atoms with Crippen molar-refractivity contribution in [1.29, 1.82) is 5.26 Å². The van der Waals surface area contributed by atoms with Gasteiger partial charge < -0.3 is 11.5 Å². The van der Waals surface area contributed by atoms with E-state index in [1.165, 1.54) is 0 Å². The normalized spacial score (nSPS) is 13.2. The first kappa shape index (κ1) is 13.8. The lowest BCUT2D eigenvalue weighted by Crippen LogP contribution is -2.20. The Kier molecular flexibility index (Phi) is 4.11. The van der Waals surface area contributed by atoms with Crippen molar-refractivity contribution in [2.45, 2.75) is 20.8 Å². The minimum Gasteiger partial charge on any atom is -0.401 e. The van der Waals surface area contributed by atoms with Crippen LogP contribution in [0, 0.1) is 16.7 Å². The van der Waals surface area contributed by atoms with Crippen molar-refractivity contribution in [3.8, 4) is 6.07 Å². The highest BCUT2D eigenvalue weighted by atomic mass is 14.9. The third-order valence-corrected chi connectivity index (χ3v) is 2.42. The van der Waals surface area contributed by atoms with Gasteiger partial charge in [-0.15, -0.1) is 0 Å². The van der Waals surface area contributed by atoms with E-state index in [9.17, 15) is 0 Å². The molecular weight excluding hydrogens is 224 g/mol. The summed E-state index contributed by atoms with van der Waals surface area (Å²) in [7, 11) is 0. The van der Waals surface area contributed by atoms with Crippen LogP contribution in [0.25, 0.3) is 0 Å². The van der Waals surface area contributed by atoms with E-state index in [0.29, 0.717) is 22.8 Å². The van der Waals surface area contributed by atoms with E-state index in [2.05, 4.69) is 4.99 Å². The van der Waals surface area contributed by atoms with Gasteiger partial charge in [0, 0.05) is 11.1 Å². The summed E-state index contributed by atoms with van der Waals surface area (Å²) in [5.74, 6) is 0.354. The Balaban J connectivity index is 2.93. The highest BCUT2D eigenvalue weighted by molar-refractivity contribution is 5.93. The average Bonchev–Trinajstić information content (AvgIpc) is 2.28. The van der Waals surface area contributed by atoms with Gasteiger partial charge in [0.15, 0.2) is 0 Å². The summed E-state index contributed by atoms with van der Waals surface area (Å²) in [5, 5.41) is 8.68. The highest BCUT2D eigenvalue weighted by Gasteiger charge is 2.13. The van der Waals surface area contributed by atoms with Crippen LogP contribution in [0.3, 0.4) is 0 Å². The number of rotatable bonds is 2. The van der Waals surface area contributed by atoms with Gasteiger partial charge in [0.2, 0.25) is 0 Å². The predicted molar refractivity (Wildman–Crippen MR) is 74.2 cm³/mol. The van der Waals surface area contributed by atoms with Gasteiger partial charge in [-0.05, 0) is 30.3 Å². The van der Waals surface area contributed by atoms with Gasteiger partial charge in [0.05, 0.1) is 17.3 Å². The van der Waals surface area contributed by atoms with Crippen LogP contribution < -0.4 is 11.5 Å². The molecule has 0 unspecified atom stereocenters. The summed E-state index contributed by atoms with van der Waals surface area (Å²) < 4.78 is 0. The molecular formula is C14H18N4. The van der Waals surface area contributed by atoms with Crippen LogP contribution in [0.15, 0.2) is 41.0 Å². The van der Waals surface area contributed by atoms with Crippen molar-refractivity contribution in [1.82, 2.24) is 0 Å². The summed E-state index contributed by atoms with van der Waals surface area (Å²) in [6.07, 6.45) is 1.66. The van der Waals surface area contributed by atoms with Crippen molar-refractivity contribution in [3.63, 3.8) is 0 Å². The zero-order chi connectivity index (χ0) is 13.8. The second-order valence-electron chi connectivity index (χ2n) is 5.05. The zero-order valence-corrected chi connectivity index (χ0v) is 10.9. The first-order valence-corrected chi connectivity index (χ1v) is 5.65. The minimum absolute atomic E-state index is 0.134. The van der Waals surface area contributed by atoms with E-state index in [4.69, 9.17) is 16.7 Å². The summed E-state index contributed by atoms with van der Waals surface area (Å²) in [5.41, 5.74) is 13.5. The van der Waals surface area contributed by atoms with Gasteiger partial charge in [0.1, 0.15) is 5.84 Å². The van der Waals surface area contributed by atoms with Crippen LogP contribution in [0.2, 0.25) is 0 Å². The van der Waals surface area contributed by atoms with E-state index >= 15 is 0 Å². The Labute approximate surface area is 108 Å². The molecule has 0 aromatic heterocycles. The molecule has 1 rings (SSSR count). The zero-order valence-electron chi connectivity index (χ0n) is 10.9. The van der Waals surface area contributed by atoms with Gasteiger partial charge >= 0.3 is 0 Å². The number of aliphatic imine (C=N–C) groups is 1. The number of benzene rings is 1. The molecule has 0 bridgehead atoms. The molecule has 4 N–H and O–H groups in total. The third kappa shape index (κ3) is 3.95. The first-order valence-electron chi connectivity index (χ1n) is 5.65. The largest absolute Gasteiger partial charge is 0.401 e. The molecule has 0 amide bonds. The van der Waals surface area contributed by atoms with Gasteiger partial charge in [0.25, 0.3) is 0 Å². The molecule has 18 heavy (non-hydrogen) atoms. The van der Waals surface area contributed by atoms with E-state index in [1.807, 2.05) is 26.8 Å². The molecule has 0 atom stereocenters. The lowest BCUT2D eigenvalue weighted by atomic mass is 9.92. The third-order valence-electron chi connectivity index (χ3n) is 2.42. The molecule has 0 spiro atoms. The van der Waals surface area contributed by atoms with Gasteiger partial charge in [-0.25, -0.2) is 4.99 Å². The number of nitrogens with two attached hydrogens (primary N) is 2. The van der Waals surface area contributed by atoms with Crippen LogP contribution in [0.5, 0.6) is 0 Å². The maximum absolute atomic E-state index is 8.68. The van der Waals surface area contributed by atoms with Crippen LogP contribution in [-0.2, 0) is 0 Å². The Morgan fingerprint density at radius 1 is 1.22 bits per heavy atom. The first-order chi connectivity index (χ1) is 8.32. The van der Waals surface area contributed by atoms with Crippen LogP contribution in [-0.4, -0.2) is 5.84 Å². The molecule has 0 aliphatic carbocycles. The van der Waals surface area contributed by atoms with Crippen LogP contribution in [0.4, 0.5) is 5.69 Å². The smallest absolute Gasteiger partial charge is 0.125 e. The fraction of sp³-hybridized carbons (Fsp3) is 0.286. The molecule has 4 nitrogen and oxygen atoms in total. The lowest BCUT2D eigenvalue weighted by molar-refractivity contribution is 0.498. The highest BCUT2D eigenvalue weighted by Crippen LogP contribution is 2.20. The molecule has 0 aliphatic rings. The summed E-state index contributed by atoms with van der Waals surface area (Å²) in [6, 6.07) is 8.93. The Morgan fingerprint density at radius 2 is 1.78 bits per heavy atom. The number of amidine groups is 1. The van der Waals surface area contributed by atoms with Crippen molar-refractivity contribution >= 4 is 11.5 Å². The Bertz CT molecular complexity index is 510. The molecule has 1 aromatic rings. The molecule has 0 saturated carbocycles. The van der Waals surface area contributed by atoms with Gasteiger partial charge in [-0.2, -0.15) is 5.26 Å². The Morgan fingerprint density at radius 3 is 2.22 bits per heavy atom. The Hall–Kier alpha value is -2.28. The van der Waals surface area contributed by atoms with E-state index < -0.39 is 0 Å². The maximum atomic E-state index is 8.68. The summed E-state index contributed by atoms with van der Waals surface area (Å²) in [6.45, 7) is 6.02. The van der Waals surface area contributed by atoms with Crippen molar-refractivity contribution in [2.24, 2.45) is 21.9 Å². The number of allylic oxidation sites excluding steroid dienone is 1. The molecule has 1 aromatic carbocycles. The maximum Gasteiger partial charge on any atom is 0.125 e. The van der Waals surface area contributed by atoms with Crippen LogP contribution in [0.1, 0.15) is 26.3 Å². The van der Waals surface area contributed by atoms with E-state index in [-0.39, 0.29) is 5.41 Å². The lowest BCUT2D eigenvalue weighted by Gasteiger charge is -2.18. The van der Waals surface area contributed by atoms with E-state index in [0.717, 1.165) is 0 Å². The van der Waals surface area contributed by atoms with Crippen molar-refractivity contribution < 1.29 is 0 Å². The molecule has 94 valence electrons. The number of hydrogen-bond donors (Lipinski definition) is 2. The number of hydrogen-bond acceptors (Lipinski definition) is 3.